The number of ether oxygens (including phenoxy) is 1. The van der Waals surface area contributed by atoms with E-state index in [1.165, 1.54) is 0 Å². The summed E-state index contributed by atoms with van der Waals surface area (Å²) >= 11 is 0. The maximum atomic E-state index is 11.0. The molecule has 0 aliphatic carbocycles. The van der Waals surface area contributed by atoms with Crippen molar-refractivity contribution in [3.63, 3.8) is 0 Å². The fourth-order valence-electron chi connectivity index (χ4n) is 1.80. The van der Waals surface area contributed by atoms with Gasteiger partial charge in [0.25, 0.3) is 0 Å². The van der Waals surface area contributed by atoms with E-state index in [2.05, 4.69) is 25.2 Å². The Balaban J connectivity index is 2.67. The van der Waals surface area contributed by atoms with E-state index in [9.17, 15) is 9.59 Å². The summed E-state index contributed by atoms with van der Waals surface area (Å²) in [7, 11) is 1.65. The van der Waals surface area contributed by atoms with Crippen LogP contribution in [0.15, 0.2) is 18.2 Å². The Hall–Kier alpha value is -2.04. The zero-order chi connectivity index (χ0) is 14.4. The molecule has 0 fully saturated rings. The number of nitrogens with one attached hydrogen (secondary N) is 1. The van der Waals surface area contributed by atoms with E-state index in [-0.39, 0.29) is 0 Å². The Bertz CT molecular complexity index is 470. The fourth-order valence-corrected chi connectivity index (χ4v) is 1.80. The number of hydrogen-bond acceptors (Lipinski definition) is 3. The minimum Gasteiger partial charge on any atom is -0.496 e. The summed E-state index contributed by atoms with van der Waals surface area (Å²) in [5, 5.41) is 2.46. The highest BCUT2D eigenvalue weighted by Crippen LogP contribution is 2.27. The molecule has 104 valence electrons. The molecule has 0 aromatic heterocycles. The van der Waals surface area contributed by atoms with Crippen molar-refractivity contribution in [3.8, 4) is 5.75 Å². The van der Waals surface area contributed by atoms with Gasteiger partial charge in [-0.15, -0.1) is 0 Å². The molecule has 19 heavy (non-hydrogen) atoms. The fraction of sp³-hybridized carbons (Fsp3) is 0.429. The summed E-state index contributed by atoms with van der Waals surface area (Å²) in [4.78, 5) is 21.6. The van der Waals surface area contributed by atoms with E-state index in [1.807, 2.05) is 12.1 Å². The van der Waals surface area contributed by atoms with Crippen molar-refractivity contribution in [1.82, 2.24) is 5.32 Å². The van der Waals surface area contributed by atoms with E-state index in [0.29, 0.717) is 18.9 Å². The number of amides is 2. The predicted octanol–water partition coefficient (Wildman–Crippen LogP) is 0.963. The van der Waals surface area contributed by atoms with Crippen LogP contribution >= 0.6 is 0 Å². The van der Waals surface area contributed by atoms with E-state index < -0.39 is 11.8 Å². The number of benzene rings is 1. The molecule has 0 bridgehead atoms. The molecule has 0 saturated heterocycles. The van der Waals surface area contributed by atoms with Gasteiger partial charge in [-0.2, -0.15) is 0 Å². The first-order chi connectivity index (χ1) is 8.95. The molecule has 5 heteroatoms. The second-order valence-electron chi connectivity index (χ2n) is 4.60. The number of hydrogen-bond donors (Lipinski definition) is 2. The molecule has 1 aromatic rings. The van der Waals surface area contributed by atoms with Gasteiger partial charge >= 0.3 is 11.8 Å². The Morgan fingerprint density at radius 1 is 1.37 bits per heavy atom. The van der Waals surface area contributed by atoms with Crippen molar-refractivity contribution in [2.45, 2.75) is 26.2 Å². The summed E-state index contributed by atoms with van der Waals surface area (Å²) < 4.78 is 5.30. The van der Waals surface area contributed by atoms with Gasteiger partial charge in [-0.25, -0.2) is 0 Å². The third-order valence-corrected chi connectivity index (χ3v) is 2.84. The Labute approximate surface area is 113 Å². The quantitative estimate of drug-likeness (QED) is 0.777. The van der Waals surface area contributed by atoms with Crippen molar-refractivity contribution >= 4 is 11.8 Å². The molecule has 0 aliphatic rings. The molecule has 2 amide bonds. The van der Waals surface area contributed by atoms with Crippen LogP contribution in [0.1, 0.15) is 30.9 Å². The minimum atomic E-state index is -0.961. The second kappa shape index (κ2) is 6.78. The molecule has 0 heterocycles. The summed E-state index contributed by atoms with van der Waals surface area (Å²) in [6.07, 6.45) is 0.642. The van der Waals surface area contributed by atoms with Crippen molar-refractivity contribution < 1.29 is 14.3 Å². The van der Waals surface area contributed by atoms with Crippen molar-refractivity contribution in [3.05, 3.63) is 29.3 Å². The van der Waals surface area contributed by atoms with Gasteiger partial charge < -0.3 is 15.8 Å². The molecule has 3 N–H and O–H groups in total. The van der Waals surface area contributed by atoms with Gasteiger partial charge in [0.1, 0.15) is 5.75 Å². The van der Waals surface area contributed by atoms with E-state index in [0.717, 1.165) is 16.9 Å². The summed E-state index contributed by atoms with van der Waals surface area (Å²) in [6, 6.07) is 5.92. The topological polar surface area (TPSA) is 81.4 Å². The van der Waals surface area contributed by atoms with Gasteiger partial charge in [0.2, 0.25) is 0 Å². The summed E-state index contributed by atoms with van der Waals surface area (Å²) in [5.74, 6) is -0.495. The number of methoxy groups -OCH3 is 1. The molecule has 1 aromatic carbocycles. The molecule has 0 unspecified atom stereocenters. The van der Waals surface area contributed by atoms with Gasteiger partial charge in [-0.3, -0.25) is 9.59 Å². The molecule has 0 saturated carbocycles. The SMILES string of the molecule is COc1ccc(CCNC(=O)C(N)=O)cc1C(C)C. The monoisotopic (exact) mass is 264 g/mol. The zero-order valence-electron chi connectivity index (χ0n) is 11.5. The first-order valence-electron chi connectivity index (χ1n) is 6.20. The summed E-state index contributed by atoms with van der Waals surface area (Å²) in [6.45, 7) is 4.57. The summed E-state index contributed by atoms with van der Waals surface area (Å²) in [5.41, 5.74) is 7.05. The normalized spacial score (nSPS) is 10.3. The van der Waals surface area contributed by atoms with Gasteiger partial charge in [0.15, 0.2) is 0 Å². The molecular weight excluding hydrogens is 244 g/mol. The lowest BCUT2D eigenvalue weighted by molar-refractivity contribution is -0.137. The van der Waals surface area contributed by atoms with Gasteiger partial charge in [0.05, 0.1) is 7.11 Å². The van der Waals surface area contributed by atoms with Gasteiger partial charge in [-0.1, -0.05) is 26.0 Å². The lowest BCUT2D eigenvalue weighted by atomic mass is 9.98. The average molecular weight is 264 g/mol. The Morgan fingerprint density at radius 3 is 2.58 bits per heavy atom. The van der Waals surface area contributed by atoms with Crippen LogP contribution in [0.4, 0.5) is 0 Å². The smallest absolute Gasteiger partial charge is 0.309 e. The molecule has 0 aliphatic heterocycles. The van der Waals surface area contributed by atoms with E-state index in [1.54, 1.807) is 7.11 Å². The largest absolute Gasteiger partial charge is 0.496 e. The van der Waals surface area contributed by atoms with Crippen LogP contribution in [0.2, 0.25) is 0 Å². The number of primary amides is 1. The van der Waals surface area contributed by atoms with Crippen LogP contribution in [0.5, 0.6) is 5.75 Å². The van der Waals surface area contributed by atoms with Crippen LogP contribution in [-0.4, -0.2) is 25.5 Å². The number of carbonyl (C=O) groups is 2. The lowest BCUT2D eigenvalue weighted by Crippen LogP contribution is -2.37. The van der Waals surface area contributed by atoms with E-state index in [4.69, 9.17) is 10.5 Å². The van der Waals surface area contributed by atoms with Crippen molar-refractivity contribution in [2.75, 3.05) is 13.7 Å². The molecule has 0 radical (unpaired) electrons. The molecule has 5 nitrogen and oxygen atoms in total. The van der Waals surface area contributed by atoms with Crippen LogP contribution in [0.3, 0.4) is 0 Å². The first-order valence-corrected chi connectivity index (χ1v) is 6.20. The van der Waals surface area contributed by atoms with Gasteiger partial charge in [-0.05, 0) is 29.5 Å². The minimum absolute atomic E-state index is 0.357. The first kappa shape index (κ1) is 15.0. The van der Waals surface area contributed by atoms with Crippen molar-refractivity contribution in [1.29, 1.82) is 0 Å². The Kier molecular flexibility index (Phi) is 5.36. The highest BCUT2D eigenvalue weighted by molar-refractivity contribution is 6.34. The standard InChI is InChI=1S/C14H20N2O3/c1-9(2)11-8-10(4-5-12(11)19-3)6-7-16-14(18)13(15)17/h4-5,8-9H,6-7H2,1-3H3,(H2,15,17)(H,16,18). The molecule has 0 atom stereocenters. The number of nitrogens with two attached hydrogens (primary N) is 1. The second-order valence-corrected chi connectivity index (χ2v) is 4.60. The van der Waals surface area contributed by atoms with Gasteiger partial charge in [0, 0.05) is 6.54 Å². The molecule has 1 rings (SSSR count). The highest BCUT2D eigenvalue weighted by atomic mass is 16.5. The maximum absolute atomic E-state index is 11.0. The van der Waals surface area contributed by atoms with Crippen LogP contribution in [-0.2, 0) is 16.0 Å². The number of carbonyl (C=O) groups excluding carboxylic acids is 2. The average Bonchev–Trinajstić information content (AvgIpc) is 2.38. The maximum Gasteiger partial charge on any atom is 0.309 e. The molecule has 0 spiro atoms. The predicted molar refractivity (Wildman–Crippen MR) is 73.0 cm³/mol. The van der Waals surface area contributed by atoms with Crippen LogP contribution in [0, 0.1) is 0 Å². The van der Waals surface area contributed by atoms with E-state index >= 15 is 0 Å². The Morgan fingerprint density at radius 2 is 2.05 bits per heavy atom. The molecular formula is C14H20N2O3. The zero-order valence-corrected chi connectivity index (χ0v) is 11.5. The van der Waals surface area contributed by atoms with Crippen molar-refractivity contribution in [2.24, 2.45) is 5.73 Å². The van der Waals surface area contributed by atoms with Crippen LogP contribution in [0.25, 0.3) is 0 Å². The highest BCUT2D eigenvalue weighted by Gasteiger charge is 2.10. The van der Waals surface area contributed by atoms with Crippen LogP contribution < -0.4 is 15.8 Å². The third kappa shape index (κ3) is 4.28. The number of rotatable bonds is 5. The third-order valence-electron chi connectivity index (χ3n) is 2.84. The lowest BCUT2D eigenvalue weighted by Gasteiger charge is -2.13.